The Labute approximate surface area is 131 Å². The Bertz CT molecular complexity index is 582. The molecule has 2 aromatic rings. The number of hydrogen-bond acceptors (Lipinski definition) is 3. The summed E-state index contributed by atoms with van der Waals surface area (Å²) in [4.78, 5) is 11.1. The molecule has 0 saturated heterocycles. The van der Waals surface area contributed by atoms with E-state index in [4.69, 9.17) is 0 Å². The average Bonchev–Trinajstić information content (AvgIpc) is 2.57. The molecule has 116 valence electrons. The highest BCUT2D eigenvalue weighted by Gasteiger charge is 2.08. The van der Waals surface area contributed by atoms with Gasteiger partial charge >= 0.3 is 6.09 Å². The van der Waals surface area contributed by atoms with E-state index in [-0.39, 0.29) is 0 Å². The highest BCUT2D eigenvalue weighted by molar-refractivity contribution is 5.84. The first-order valence-corrected chi connectivity index (χ1v) is 7.45. The first-order valence-electron chi connectivity index (χ1n) is 7.45. The summed E-state index contributed by atoms with van der Waals surface area (Å²) in [5.74, 6) is 0. The third-order valence-corrected chi connectivity index (χ3v) is 3.55. The fourth-order valence-corrected chi connectivity index (χ4v) is 2.30. The van der Waals surface area contributed by atoms with Crippen molar-refractivity contribution >= 4 is 11.8 Å². The Morgan fingerprint density at radius 2 is 1.77 bits per heavy atom. The number of rotatable bonds is 6. The SMILES string of the molecule is CC[C@@H](NCc1ccc(NC(=O)OC)cc1)c1ccccc1. The maximum atomic E-state index is 11.1. The number of nitrogens with one attached hydrogen (secondary N) is 2. The van der Waals surface area contributed by atoms with Crippen molar-refractivity contribution in [2.45, 2.75) is 25.9 Å². The second kappa shape index (κ2) is 8.20. The van der Waals surface area contributed by atoms with Gasteiger partial charge < -0.3 is 10.1 Å². The van der Waals surface area contributed by atoms with E-state index in [1.165, 1.54) is 18.2 Å². The van der Waals surface area contributed by atoms with Crippen LogP contribution in [0.1, 0.15) is 30.5 Å². The van der Waals surface area contributed by atoms with Crippen molar-refractivity contribution in [1.29, 1.82) is 0 Å². The van der Waals surface area contributed by atoms with Crippen LogP contribution in [0.2, 0.25) is 0 Å². The average molecular weight is 298 g/mol. The fraction of sp³-hybridized carbons (Fsp3) is 0.278. The van der Waals surface area contributed by atoms with Gasteiger partial charge in [0.1, 0.15) is 0 Å². The van der Waals surface area contributed by atoms with Crippen LogP contribution >= 0.6 is 0 Å². The lowest BCUT2D eigenvalue weighted by Gasteiger charge is -2.17. The molecule has 4 heteroatoms. The molecular formula is C18H22N2O2. The molecule has 1 amide bonds. The van der Waals surface area contributed by atoms with Crippen LogP contribution in [0.25, 0.3) is 0 Å². The smallest absolute Gasteiger partial charge is 0.411 e. The number of hydrogen-bond donors (Lipinski definition) is 2. The Hall–Kier alpha value is -2.33. The van der Waals surface area contributed by atoms with Gasteiger partial charge in [-0.2, -0.15) is 0 Å². The molecule has 0 aliphatic heterocycles. The van der Waals surface area contributed by atoms with Crippen LogP contribution < -0.4 is 10.6 Å². The minimum atomic E-state index is -0.457. The number of carbonyl (C=O) groups is 1. The maximum Gasteiger partial charge on any atom is 0.411 e. The van der Waals surface area contributed by atoms with Crippen LogP contribution in [-0.4, -0.2) is 13.2 Å². The quantitative estimate of drug-likeness (QED) is 0.844. The van der Waals surface area contributed by atoms with Crippen molar-refractivity contribution in [2.75, 3.05) is 12.4 Å². The molecular weight excluding hydrogens is 276 g/mol. The van der Waals surface area contributed by atoms with E-state index in [9.17, 15) is 4.79 Å². The van der Waals surface area contributed by atoms with Crippen molar-refractivity contribution in [1.82, 2.24) is 5.32 Å². The second-order valence-corrected chi connectivity index (χ2v) is 5.07. The normalized spacial score (nSPS) is 11.7. The molecule has 0 bridgehead atoms. The van der Waals surface area contributed by atoms with Gasteiger partial charge in [-0.1, -0.05) is 49.4 Å². The lowest BCUT2D eigenvalue weighted by molar-refractivity contribution is 0.187. The first-order chi connectivity index (χ1) is 10.7. The van der Waals surface area contributed by atoms with E-state index in [2.05, 4.69) is 46.6 Å². The number of amides is 1. The van der Waals surface area contributed by atoms with Crippen LogP contribution in [0, 0.1) is 0 Å². The Morgan fingerprint density at radius 1 is 1.09 bits per heavy atom. The summed E-state index contributed by atoms with van der Waals surface area (Å²) in [7, 11) is 1.35. The number of carbonyl (C=O) groups excluding carboxylic acids is 1. The molecule has 0 spiro atoms. The molecule has 2 rings (SSSR count). The zero-order chi connectivity index (χ0) is 15.8. The van der Waals surface area contributed by atoms with E-state index < -0.39 is 6.09 Å². The van der Waals surface area contributed by atoms with Gasteiger partial charge in [-0.3, -0.25) is 5.32 Å². The highest BCUT2D eigenvalue weighted by atomic mass is 16.5. The van der Waals surface area contributed by atoms with Gasteiger partial charge in [-0.25, -0.2) is 4.79 Å². The Balaban J connectivity index is 1.92. The van der Waals surface area contributed by atoms with Gasteiger partial charge in [0.2, 0.25) is 0 Å². The van der Waals surface area contributed by atoms with E-state index in [0.717, 1.165) is 18.7 Å². The van der Waals surface area contributed by atoms with Crippen molar-refractivity contribution in [3.63, 3.8) is 0 Å². The Kier molecular flexibility index (Phi) is 5.98. The number of benzene rings is 2. The molecule has 2 aromatic carbocycles. The summed E-state index contributed by atoms with van der Waals surface area (Å²) >= 11 is 0. The zero-order valence-electron chi connectivity index (χ0n) is 13.0. The van der Waals surface area contributed by atoms with Crippen LogP contribution in [0.4, 0.5) is 10.5 Å². The summed E-state index contributed by atoms with van der Waals surface area (Å²) in [6.45, 7) is 2.96. The molecule has 2 N–H and O–H groups in total. The molecule has 0 heterocycles. The van der Waals surface area contributed by atoms with Crippen molar-refractivity contribution in [3.05, 3.63) is 65.7 Å². The van der Waals surface area contributed by atoms with Gasteiger partial charge in [-0.15, -0.1) is 0 Å². The van der Waals surface area contributed by atoms with Gasteiger partial charge in [0.15, 0.2) is 0 Å². The maximum absolute atomic E-state index is 11.1. The van der Waals surface area contributed by atoms with E-state index in [1.807, 2.05) is 30.3 Å². The molecule has 0 aromatic heterocycles. The van der Waals surface area contributed by atoms with Crippen molar-refractivity contribution in [3.8, 4) is 0 Å². The number of ether oxygens (including phenoxy) is 1. The third kappa shape index (κ3) is 4.60. The van der Waals surface area contributed by atoms with Crippen LogP contribution in [0.15, 0.2) is 54.6 Å². The fourth-order valence-electron chi connectivity index (χ4n) is 2.30. The molecule has 4 nitrogen and oxygen atoms in total. The van der Waals surface area contributed by atoms with E-state index in [0.29, 0.717) is 6.04 Å². The predicted molar refractivity (Wildman–Crippen MR) is 88.8 cm³/mol. The number of methoxy groups -OCH3 is 1. The zero-order valence-corrected chi connectivity index (χ0v) is 13.0. The summed E-state index contributed by atoms with van der Waals surface area (Å²) in [5, 5.41) is 6.20. The molecule has 1 atom stereocenters. The van der Waals surface area contributed by atoms with Gasteiger partial charge in [0.25, 0.3) is 0 Å². The summed E-state index contributed by atoms with van der Waals surface area (Å²) in [6, 6.07) is 18.5. The summed E-state index contributed by atoms with van der Waals surface area (Å²) < 4.78 is 4.56. The Morgan fingerprint density at radius 3 is 2.36 bits per heavy atom. The van der Waals surface area contributed by atoms with Crippen molar-refractivity contribution in [2.24, 2.45) is 0 Å². The van der Waals surface area contributed by atoms with Gasteiger partial charge in [0, 0.05) is 18.3 Å². The monoisotopic (exact) mass is 298 g/mol. The highest BCUT2D eigenvalue weighted by Crippen LogP contribution is 2.17. The van der Waals surface area contributed by atoms with Gasteiger partial charge in [-0.05, 0) is 29.7 Å². The number of anilines is 1. The lowest BCUT2D eigenvalue weighted by Crippen LogP contribution is -2.20. The van der Waals surface area contributed by atoms with E-state index >= 15 is 0 Å². The molecule has 0 aliphatic carbocycles. The van der Waals surface area contributed by atoms with Crippen molar-refractivity contribution < 1.29 is 9.53 Å². The van der Waals surface area contributed by atoms with E-state index in [1.54, 1.807) is 0 Å². The first kappa shape index (κ1) is 16.0. The molecule has 0 saturated carbocycles. The molecule has 0 radical (unpaired) electrons. The molecule has 0 aliphatic rings. The largest absolute Gasteiger partial charge is 0.453 e. The van der Waals surface area contributed by atoms with Crippen LogP contribution in [0.3, 0.4) is 0 Å². The second-order valence-electron chi connectivity index (χ2n) is 5.07. The molecule has 0 unspecified atom stereocenters. The minimum absolute atomic E-state index is 0.342. The van der Waals surface area contributed by atoms with Gasteiger partial charge in [0.05, 0.1) is 7.11 Å². The minimum Gasteiger partial charge on any atom is -0.453 e. The lowest BCUT2D eigenvalue weighted by atomic mass is 10.0. The summed E-state index contributed by atoms with van der Waals surface area (Å²) in [5.41, 5.74) is 3.20. The topological polar surface area (TPSA) is 50.4 Å². The third-order valence-electron chi connectivity index (χ3n) is 3.55. The molecule has 0 fully saturated rings. The molecule has 22 heavy (non-hydrogen) atoms. The van der Waals surface area contributed by atoms with Crippen LogP contribution in [-0.2, 0) is 11.3 Å². The predicted octanol–water partition coefficient (Wildman–Crippen LogP) is 4.11. The standard InChI is InChI=1S/C18H22N2O2/c1-3-17(15-7-5-4-6-8-15)19-13-14-9-11-16(12-10-14)20-18(21)22-2/h4-12,17,19H,3,13H2,1-2H3,(H,20,21)/t17-/m1/s1. The summed E-state index contributed by atoms with van der Waals surface area (Å²) in [6.07, 6.45) is 0.576. The van der Waals surface area contributed by atoms with Crippen LogP contribution in [0.5, 0.6) is 0 Å².